The van der Waals surface area contributed by atoms with E-state index >= 15 is 0 Å². The SMILES string of the molecule is CC(=O)N(Cc1ccc(F)cc1)Cc1ccc2c(c1)CNCCO2.Cl. The Bertz CT molecular complexity index is 722. The van der Waals surface area contributed by atoms with Crippen molar-refractivity contribution >= 4 is 18.3 Å². The van der Waals surface area contributed by atoms with Crippen LogP contribution in [-0.2, 0) is 24.4 Å². The number of fused-ring (bicyclic) bond motifs is 1. The molecule has 1 amide bonds. The predicted molar refractivity (Wildman–Crippen MR) is 97.2 cm³/mol. The van der Waals surface area contributed by atoms with Gasteiger partial charge in [-0.05, 0) is 35.4 Å². The van der Waals surface area contributed by atoms with Crippen LogP contribution in [0, 0.1) is 5.82 Å². The summed E-state index contributed by atoms with van der Waals surface area (Å²) >= 11 is 0. The highest BCUT2D eigenvalue weighted by Gasteiger charge is 2.13. The number of hydrogen-bond donors (Lipinski definition) is 1. The Morgan fingerprint density at radius 1 is 1.16 bits per heavy atom. The number of carbonyl (C=O) groups is 1. The van der Waals surface area contributed by atoms with Gasteiger partial charge in [0.1, 0.15) is 18.2 Å². The quantitative estimate of drug-likeness (QED) is 0.905. The molecule has 1 N–H and O–H groups in total. The van der Waals surface area contributed by atoms with Crippen molar-refractivity contribution in [2.75, 3.05) is 13.2 Å². The highest BCUT2D eigenvalue weighted by molar-refractivity contribution is 5.85. The lowest BCUT2D eigenvalue weighted by atomic mass is 10.1. The zero-order valence-corrected chi connectivity index (χ0v) is 14.9. The Morgan fingerprint density at radius 3 is 2.56 bits per heavy atom. The molecule has 4 nitrogen and oxygen atoms in total. The van der Waals surface area contributed by atoms with Crippen LogP contribution in [0.15, 0.2) is 42.5 Å². The number of nitrogens with zero attached hydrogens (tertiary/aromatic N) is 1. The summed E-state index contributed by atoms with van der Waals surface area (Å²) in [6.45, 7) is 4.78. The van der Waals surface area contributed by atoms with Crippen LogP contribution < -0.4 is 10.1 Å². The molecule has 25 heavy (non-hydrogen) atoms. The van der Waals surface area contributed by atoms with Gasteiger partial charge in [-0.25, -0.2) is 4.39 Å². The Kier molecular flexibility index (Phi) is 6.79. The molecular weight excluding hydrogens is 343 g/mol. The topological polar surface area (TPSA) is 41.6 Å². The van der Waals surface area contributed by atoms with E-state index < -0.39 is 0 Å². The Morgan fingerprint density at radius 2 is 1.84 bits per heavy atom. The molecule has 6 heteroatoms. The molecule has 2 aromatic rings. The minimum Gasteiger partial charge on any atom is -0.492 e. The molecule has 0 spiro atoms. The third kappa shape index (κ3) is 5.18. The van der Waals surface area contributed by atoms with E-state index in [1.165, 1.54) is 12.1 Å². The minimum atomic E-state index is -0.272. The summed E-state index contributed by atoms with van der Waals surface area (Å²) in [5.41, 5.74) is 3.07. The van der Waals surface area contributed by atoms with Gasteiger partial charge in [-0.2, -0.15) is 0 Å². The highest BCUT2D eigenvalue weighted by atomic mass is 35.5. The maximum atomic E-state index is 13.0. The summed E-state index contributed by atoms with van der Waals surface area (Å²) in [6.07, 6.45) is 0. The lowest BCUT2D eigenvalue weighted by molar-refractivity contribution is -0.130. The molecule has 1 aliphatic heterocycles. The molecule has 0 fully saturated rings. The summed E-state index contributed by atoms with van der Waals surface area (Å²) in [5, 5.41) is 3.31. The second-order valence-corrected chi connectivity index (χ2v) is 5.97. The molecular formula is C19H22ClFN2O2. The molecule has 1 aliphatic rings. The average molecular weight is 365 g/mol. The van der Waals surface area contributed by atoms with Gasteiger partial charge >= 0.3 is 0 Å². The maximum absolute atomic E-state index is 13.0. The molecule has 0 aromatic heterocycles. The van der Waals surface area contributed by atoms with Gasteiger partial charge in [0.25, 0.3) is 0 Å². The first-order valence-corrected chi connectivity index (χ1v) is 8.07. The van der Waals surface area contributed by atoms with Crippen molar-refractivity contribution < 1.29 is 13.9 Å². The van der Waals surface area contributed by atoms with Crippen molar-refractivity contribution in [3.8, 4) is 5.75 Å². The van der Waals surface area contributed by atoms with Gasteiger partial charge in [-0.3, -0.25) is 4.79 Å². The van der Waals surface area contributed by atoms with Crippen LogP contribution in [0.25, 0.3) is 0 Å². The number of ether oxygens (including phenoxy) is 1. The van der Waals surface area contributed by atoms with Crippen LogP contribution in [-0.4, -0.2) is 24.0 Å². The van der Waals surface area contributed by atoms with E-state index in [9.17, 15) is 9.18 Å². The van der Waals surface area contributed by atoms with Crippen molar-refractivity contribution in [2.45, 2.75) is 26.6 Å². The first-order valence-electron chi connectivity index (χ1n) is 8.07. The van der Waals surface area contributed by atoms with Crippen LogP contribution in [0.2, 0.25) is 0 Å². The van der Waals surface area contributed by atoms with Crippen molar-refractivity contribution in [1.82, 2.24) is 10.2 Å². The van der Waals surface area contributed by atoms with Crippen molar-refractivity contribution in [1.29, 1.82) is 0 Å². The van der Waals surface area contributed by atoms with Gasteiger partial charge in [0, 0.05) is 38.7 Å². The summed E-state index contributed by atoms with van der Waals surface area (Å²) in [5.74, 6) is 0.617. The van der Waals surface area contributed by atoms with E-state index in [2.05, 4.69) is 11.4 Å². The van der Waals surface area contributed by atoms with Gasteiger partial charge in [0.05, 0.1) is 0 Å². The van der Waals surface area contributed by atoms with Gasteiger partial charge < -0.3 is 15.0 Å². The van der Waals surface area contributed by atoms with Crippen LogP contribution >= 0.6 is 12.4 Å². The number of rotatable bonds is 4. The zero-order valence-electron chi connectivity index (χ0n) is 14.1. The Balaban J connectivity index is 0.00000225. The van der Waals surface area contributed by atoms with Gasteiger partial charge in [-0.15, -0.1) is 12.4 Å². The van der Waals surface area contributed by atoms with Crippen LogP contribution in [0.5, 0.6) is 5.75 Å². The van der Waals surface area contributed by atoms with Gasteiger partial charge in [0.2, 0.25) is 5.91 Å². The molecule has 0 saturated heterocycles. The summed E-state index contributed by atoms with van der Waals surface area (Å²) in [6, 6.07) is 12.3. The number of hydrogen-bond acceptors (Lipinski definition) is 3. The third-order valence-corrected chi connectivity index (χ3v) is 4.08. The lowest BCUT2D eigenvalue weighted by Crippen LogP contribution is -2.27. The van der Waals surface area contributed by atoms with Crippen molar-refractivity contribution in [2.24, 2.45) is 0 Å². The van der Waals surface area contributed by atoms with E-state index in [0.717, 1.165) is 35.5 Å². The summed E-state index contributed by atoms with van der Waals surface area (Å²) in [4.78, 5) is 13.7. The fourth-order valence-corrected chi connectivity index (χ4v) is 2.78. The van der Waals surface area contributed by atoms with E-state index in [4.69, 9.17) is 4.74 Å². The van der Waals surface area contributed by atoms with Crippen LogP contribution in [0.1, 0.15) is 23.6 Å². The number of amides is 1. The monoisotopic (exact) mass is 364 g/mol. The fraction of sp³-hybridized carbons (Fsp3) is 0.316. The van der Waals surface area contributed by atoms with E-state index in [1.54, 1.807) is 24.0 Å². The summed E-state index contributed by atoms with van der Waals surface area (Å²) in [7, 11) is 0. The summed E-state index contributed by atoms with van der Waals surface area (Å²) < 4.78 is 18.7. The van der Waals surface area contributed by atoms with E-state index in [-0.39, 0.29) is 24.1 Å². The van der Waals surface area contributed by atoms with Crippen LogP contribution in [0.3, 0.4) is 0 Å². The zero-order chi connectivity index (χ0) is 16.9. The molecule has 2 aromatic carbocycles. The minimum absolute atomic E-state index is 0. The smallest absolute Gasteiger partial charge is 0.220 e. The Labute approximate surface area is 153 Å². The predicted octanol–water partition coefficient (Wildman–Crippen LogP) is 3.28. The highest BCUT2D eigenvalue weighted by Crippen LogP contribution is 2.23. The maximum Gasteiger partial charge on any atom is 0.220 e. The number of nitrogens with one attached hydrogen (secondary N) is 1. The van der Waals surface area contributed by atoms with Gasteiger partial charge in [-0.1, -0.05) is 18.2 Å². The molecule has 0 radical (unpaired) electrons. The van der Waals surface area contributed by atoms with E-state index in [0.29, 0.717) is 19.7 Å². The second kappa shape index (κ2) is 8.83. The van der Waals surface area contributed by atoms with Crippen LogP contribution in [0.4, 0.5) is 4.39 Å². The average Bonchev–Trinajstić information content (AvgIpc) is 2.81. The molecule has 0 aliphatic carbocycles. The van der Waals surface area contributed by atoms with Crippen molar-refractivity contribution in [3.63, 3.8) is 0 Å². The molecule has 3 rings (SSSR count). The molecule has 0 atom stereocenters. The standard InChI is InChI=1S/C19H21FN2O2.ClH/c1-14(23)22(12-15-2-5-18(20)6-3-15)13-16-4-7-19-17(10-16)11-21-8-9-24-19;/h2-7,10,21H,8-9,11-13H2,1H3;1H. The fourth-order valence-electron chi connectivity index (χ4n) is 2.78. The second-order valence-electron chi connectivity index (χ2n) is 5.97. The largest absolute Gasteiger partial charge is 0.492 e. The normalized spacial score (nSPS) is 13.0. The van der Waals surface area contributed by atoms with E-state index in [1.807, 2.05) is 12.1 Å². The first-order chi connectivity index (χ1) is 11.6. The molecule has 1 heterocycles. The molecule has 0 bridgehead atoms. The van der Waals surface area contributed by atoms with Crippen molar-refractivity contribution in [3.05, 3.63) is 65.0 Å². The molecule has 0 unspecified atom stereocenters. The third-order valence-electron chi connectivity index (χ3n) is 4.08. The van der Waals surface area contributed by atoms with Gasteiger partial charge in [0.15, 0.2) is 0 Å². The molecule has 134 valence electrons. The molecule has 0 saturated carbocycles. The number of halogens is 2. The number of benzene rings is 2. The Hall–Kier alpha value is -2.11. The lowest BCUT2D eigenvalue weighted by Gasteiger charge is -2.22. The first kappa shape index (κ1) is 19.2. The number of carbonyl (C=O) groups excluding carboxylic acids is 1.